The predicted molar refractivity (Wildman–Crippen MR) is 222 cm³/mol. The Balaban J connectivity index is 3.58. The Morgan fingerprint density at radius 3 is 1.08 bits per heavy atom. The lowest BCUT2D eigenvalue weighted by Crippen LogP contribution is -2.49. The quantitative estimate of drug-likeness (QED) is 0.0373. The lowest BCUT2D eigenvalue weighted by molar-refractivity contribution is -0.131. The van der Waals surface area contributed by atoms with E-state index in [9.17, 15) is 20.1 Å². The smallest absolute Gasteiger partial charge is 0.249 e. The van der Waals surface area contributed by atoms with Crippen LogP contribution in [0, 0.1) is 0 Å². The van der Waals surface area contributed by atoms with E-state index < -0.39 is 24.2 Å². The molecule has 0 radical (unpaired) electrons. The van der Waals surface area contributed by atoms with Crippen molar-refractivity contribution >= 4 is 5.91 Å². The predicted octanol–water partition coefficient (Wildman–Crippen LogP) is 13.2. The molecule has 51 heavy (non-hydrogen) atoms. The van der Waals surface area contributed by atoms with Crippen LogP contribution >= 0.6 is 0 Å². The van der Waals surface area contributed by atoms with Crippen molar-refractivity contribution in [3.63, 3.8) is 0 Å². The van der Waals surface area contributed by atoms with Crippen molar-refractivity contribution in [1.29, 1.82) is 0 Å². The van der Waals surface area contributed by atoms with E-state index >= 15 is 0 Å². The zero-order chi connectivity index (χ0) is 37.3. The monoisotopic (exact) mass is 722 g/mol. The highest BCUT2D eigenvalue weighted by atomic mass is 16.3. The summed E-state index contributed by atoms with van der Waals surface area (Å²) < 4.78 is 0. The molecule has 3 unspecified atom stereocenters. The second-order valence-corrected chi connectivity index (χ2v) is 16.0. The molecule has 0 aliphatic carbocycles. The molecule has 0 spiro atoms. The molecule has 1 amide bonds. The summed E-state index contributed by atoms with van der Waals surface area (Å²) in [6.45, 7) is 4.24. The molecule has 4 N–H and O–H groups in total. The maximum atomic E-state index is 12.5. The number of hydrogen-bond acceptors (Lipinski definition) is 4. The highest BCUT2D eigenvalue weighted by molar-refractivity contribution is 5.80. The molecule has 3 atom stereocenters. The Kier molecular flexibility index (Phi) is 41.1. The van der Waals surface area contributed by atoms with E-state index in [0.717, 1.165) is 32.1 Å². The topological polar surface area (TPSA) is 89.8 Å². The number of hydrogen-bond donors (Lipinski definition) is 4. The molecule has 0 aromatic rings. The SMILES string of the molecule is CCCCCCCCCCCCCC/C=C\CCCCCCCCCC(O)C(=O)NC(CO)C(O)CCCCCCCCCCCCCCCC. The highest BCUT2D eigenvalue weighted by Gasteiger charge is 2.23. The molecule has 304 valence electrons. The number of carbonyl (C=O) groups is 1. The summed E-state index contributed by atoms with van der Waals surface area (Å²) in [5.74, 6) is -0.471. The van der Waals surface area contributed by atoms with Crippen LogP contribution in [0.4, 0.5) is 0 Å². The summed E-state index contributed by atoms with van der Waals surface area (Å²) in [5, 5.41) is 33.3. The maximum absolute atomic E-state index is 12.5. The number of aliphatic hydroxyl groups excluding tert-OH is 3. The van der Waals surface area contributed by atoms with Gasteiger partial charge in [-0.05, 0) is 38.5 Å². The summed E-state index contributed by atoms with van der Waals surface area (Å²) >= 11 is 0. The van der Waals surface area contributed by atoms with Crippen molar-refractivity contribution in [2.45, 2.75) is 270 Å². The minimum Gasteiger partial charge on any atom is -0.394 e. The van der Waals surface area contributed by atoms with Crippen molar-refractivity contribution in [3.05, 3.63) is 12.2 Å². The number of rotatable bonds is 42. The van der Waals surface area contributed by atoms with Gasteiger partial charge in [0.1, 0.15) is 6.10 Å². The molecule has 0 aliphatic rings. The number of allylic oxidation sites excluding steroid dienone is 2. The van der Waals surface area contributed by atoms with Crippen molar-refractivity contribution in [2.24, 2.45) is 0 Å². The van der Waals surface area contributed by atoms with E-state index in [0.29, 0.717) is 12.8 Å². The Labute approximate surface area is 319 Å². The number of aliphatic hydroxyl groups is 3. The van der Waals surface area contributed by atoms with Crippen LogP contribution in [-0.2, 0) is 4.79 Å². The van der Waals surface area contributed by atoms with Crippen LogP contribution < -0.4 is 5.32 Å². The van der Waals surface area contributed by atoms with Crippen LogP contribution in [0.1, 0.15) is 251 Å². The average Bonchev–Trinajstić information content (AvgIpc) is 3.13. The van der Waals surface area contributed by atoms with Crippen molar-refractivity contribution in [3.8, 4) is 0 Å². The van der Waals surface area contributed by atoms with Crippen LogP contribution in [0.25, 0.3) is 0 Å². The van der Waals surface area contributed by atoms with E-state index in [1.807, 2.05) is 0 Å². The van der Waals surface area contributed by atoms with Gasteiger partial charge in [0.15, 0.2) is 0 Å². The van der Waals surface area contributed by atoms with E-state index in [4.69, 9.17) is 0 Å². The number of carbonyl (C=O) groups excluding carboxylic acids is 1. The van der Waals surface area contributed by atoms with Crippen LogP contribution in [-0.4, -0.2) is 46.1 Å². The van der Waals surface area contributed by atoms with Gasteiger partial charge in [-0.3, -0.25) is 4.79 Å². The standard InChI is InChI=1S/C46H91NO4/c1-3-5-7-9-11-13-15-17-19-20-21-22-23-24-25-26-27-29-31-33-35-37-39-41-45(50)46(51)47-43(42-48)44(49)40-38-36-34-32-30-28-18-16-14-12-10-8-6-4-2/h24-25,43-45,48-50H,3-23,26-42H2,1-2H3,(H,47,51)/b25-24-. The van der Waals surface area contributed by atoms with Gasteiger partial charge in [-0.25, -0.2) is 0 Å². The minimum atomic E-state index is -1.08. The second kappa shape index (κ2) is 41.8. The molecule has 0 rings (SSSR count). The van der Waals surface area contributed by atoms with Gasteiger partial charge in [0.25, 0.3) is 0 Å². The number of nitrogens with one attached hydrogen (secondary N) is 1. The normalized spacial score (nSPS) is 13.6. The first kappa shape index (κ1) is 50.1. The molecular weight excluding hydrogens is 631 g/mol. The van der Waals surface area contributed by atoms with E-state index in [-0.39, 0.29) is 6.61 Å². The lowest BCUT2D eigenvalue weighted by Gasteiger charge is -2.23. The van der Waals surface area contributed by atoms with Gasteiger partial charge in [0, 0.05) is 0 Å². The molecule has 0 saturated carbocycles. The van der Waals surface area contributed by atoms with Crippen LogP contribution in [0.3, 0.4) is 0 Å². The molecule has 0 aromatic carbocycles. The van der Waals surface area contributed by atoms with Crippen LogP contribution in [0.15, 0.2) is 12.2 Å². The molecule has 5 nitrogen and oxygen atoms in total. The third-order valence-electron chi connectivity index (χ3n) is 10.9. The van der Waals surface area contributed by atoms with E-state index in [1.165, 1.54) is 193 Å². The van der Waals surface area contributed by atoms with Gasteiger partial charge >= 0.3 is 0 Å². The first-order valence-electron chi connectivity index (χ1n) is 23.0. The lowest BCUT2D eigenvalue weighted by atomic mass is 10.0. The Hall–Kier alpha value is -0.910. The molecular formula is C46H91NO4. The third-order valence-corrected chi connectivity index (χ3v) is 10.9. The minimum absolute atomic E-state index is 0.312. The summed E-state index contributed by atoms with van der Waals surface area (Å²) in [7, 11) is 0. The number of unbranched alkanes of at least 4 members (excludes halogenated alkanes) is 32. The largest absolute Gasteiger partial charge is 0.394 e. The van der Waals surface area contributed by atoms with Gasteiger partial charge in [0.2, 0.25) is 5.91 Å². The van der Waals surface area contributed by atoms with Crippen molar-refractivity contribution < 1.29 is 20.1 Å². The first-order valence-corrected chi connectivity index (χ1v) is 23.0. The van der Waals surface area contributed by atoms with Gasteiger partial charge in [-0.1, -0.05) is 225 Å². The summed E-state index contributed by atoms with van der Waals surface area (Å²) in [6, 6.07) is -0.710. The van der Waals surface area contributed by atoms with Gasteiger partial charge < -0.3 is 20.6 Å². The maximum Gasteiger partial charge on any atom is 0.249 e. The second-order valence-electron chi connectivity index (χ2n) is 16.0. The summed E-state index contributed by atoms with van der Waals surface area (Å²) in [5.41, 5.74) is 0. The molecule has 0 fully saturated rings. The third kappa shape index (κ3) is 37.2. The fourth-order valence-electron chi connectivity index (χ4n) is 7.25. The fraction of sp³-hybridized carbons (Fsp3) is 0.935. The zero-order valence-corrected chi connectivity index (χ0v) is 34.5. The molecule has 0 bridgehead atoms. The first-order chi connectivity index (χ1) is 25.1. The number of amides is 1. The molecule has 0 saturated heterocycles. The van der Waals surface area contributed by atoms with Gasteiger partial charge in [-0.15, -0.1) is 0 Å². The van der Waals surface area contributed by atoms with Gasteiger partial charge in [0.05, 0.1) is 18.8 Å². The van der Waals surface area contributed by atoms with Crippen LogP contribution in [0.2, 0.25) is 0 Å². The van der Waals surface area contributed by atoms with E-state index in [2.05, 4.69) is 31.3 Å². The highest BCUT2D eigenvalue weighted by Crippen LogP contribution is 2.16. The Morgan fingerprint density at radius 1 is 0.451 bits per heavy atom. The Morgan fingerprint density at radius 2 is 0.745 bits per heavy atom. The zero-order valence-electron chi connectivity index (χ0n) is 34.5. The molecule has 0 heterocycles. The molecule has 0 aromatic heterocycles. The molecule has 0 aliphatic heterocycles. The Bertz CT molecular complexity index is 713. The molecule has 5 heteroatoms. The summed E-state index contributed by atoms with van der Waals surface area (Å²) in [6.07, 6.45) is 49.3. The van der Waals surface area contributed by atoms with Crippen LogP contribution in [0.5, 0.6) is 0 Å². The van der Waals surface area contributed by atoms with Crippen molar-refractivity contribution in [1.82, 2.24) is 5.32 Å². The van der Waals surface area contributed by atoms with Gasteiger partial charge in [-0.2, -0.15) is 0 Å². The average molecular weight is 722 g/mol. The summed E-state index contributed by atoms with van der Waals surface area (Å²) in [4.78, 5) is 12.5. The fourth-order valence-corrected chi connectivity index (χ4v) is 7.25. The van der Waals surface area contributed by atoms with Crippen molar-refractivity contribution in [2.75, 3.05) is 6.61 Å². The van der Waals surface area contributed by atoms with E-state index in [1.54, 1.807) is 0 Å².